The Morgan fingerprint density at radius 1 is 1.07 bits per heavy atom. The number of piperidine rings is 1. The molecule has 15 heavy (non-hydrogen) atoms. The van der Waals surface area contributed by atoms with Crippen molar-refractivity contribution < 1.29 is 4.48 Å². The highest BCUT2D eigenvalue weighted by Gasteiger charge is 2.44. The summed E-state index contributed by atoms with van der Waals surface area (Å²) in [7, 11) is 4.73. The first-order valence-corrected chi connectivity index (χ1v) is 5.95. The van der Waals surface area contributed by atoms with Crippen molar-refractivity contribution >= 4 is 0 Å². The zero-order valence-corrected chi connectivity index (χ0v) is 10.2. The van der Waals surface area contributed by atoms with Gasteiger partial charge in [0.15, 0.2) is 0 Å². The fourth-order valence-electron chi connectivity index (χ4n) is 2.82. The number of likely N-dealkylation sites (tertiary alicyclic amines) is 1. The highest BCUT2D eigenvalue weighted by molar-refractivity contribution is 5.22. The van der Waals surface area contributed by atoms with E-state index in [0.29, 0.717) is 5.54 Å². The van der Waals surface area contributed by atoms with Gasteiger partial charge in [-0.15, -0.1) is 0 Å². The maximum atomic E-state index is 2.42. The SMILES string of the molecule is CC1(c2ccccc2)CCCC[N+]1(C)C. The van der Waals surface area contributed by atoms with E-state index >= 15 is 0 Å². The van der Waals surface area contributed by atoms with Crippen LogP contribution in [-0.2, 0) is 5.54 Å². The van der Waals surface area contributed by atoms with E-state index in [9.17, 15) is 0 Å². The molecule has 1 heteroatoms. The third-order valence-electron chi connectivity index (χ3n) is 4.36. The maximum absolute atomic E-state index is 2.42. The summed E-state index contributed by atoms with van der Waals surface area (Å²) in [6.45, 7) is 3.72. The third kappa shape index (κ3) is 1.69. The number of hydrogen-bond acceptors (Lipinski definition) is 0. The van der Waals surface area contributed by atoms with E-state index in [4.69, 9.17) is 0 Å². The van der Waals surface area contributed by atoms with Crippen LogP contribution in [-0.4, -0.2) is 25.1 Å². The lowest BCUT2D eigenvalue weighted by Gasteiger charge is -2.50. The number of rotatable bonds is 1. The van der Waals surface area contributed by atoms with Crippen molar-refractivity contribution in [2.75, 3.05) is 20.6 Å². The van der Waals surface area contributed by atoms with Crippen LogP contribution in [0.15, 0.2) is 30.3 Å². The first kappa shape index (κ1) is 10.7. The molecule has 1 aromatic carbocycles. The largest absolute Gasteiger partial charge is 0.320 e. The molecule has 0 aliphatic carbocycles. The molecule has 1 atom stereocenters. The van der Waals surface area contributed by atoms with Gasteiger partial charge in [-0.05, 0) is 19.8 Å². The van der Waals surface area contributed by atoms with Crippen LogP contribution in [0.3, 0.4) is 0 Å². The molecule has 1 aliphatic heterocycles. The van der Waals surface area contributed by atoms with Crippen LogP contribution in [0.1, 0.15) is 31.7 Å². The molecule has 0 aromatic heterocycles. The van der Waals surface area contributed by atoms with Crippen molar-refractivity contribution in [1.82, 2.24) is 0 Å². The molecule has 1 nitrogen and oxygen atoms in total. The number of quaternary nitrogens is 1. The molecule has 0 amide bonds. The van der Waals surface area contributed by atoms with Crippen LogP contribution in [0, 0.1) is 0 Å². The third-order valence-corrected chi connectivity index (χ3v) is 4.36. The van der Waals surface area contributed by atoms with Crippen LogP contribution in [0.4, 0.5) is 0 Å². The van der Waals surface area contributed by atoms with Gasteiger partial charge in [0.05, 0.1) is 20.6 Å². The standard InChI is InChI=1S/C14H22N/c1-14(13-9-5-4-6-10-13)11-7-8-12-15(14,2)3/h4-6,9-10H,7-8,11-12H2,1-3H3/q+1. The number of hydrogen-bond donors (Lipinski definition) is 0. The van der Waals surface area contributed by atoms with Gasteiger partial charge in [-0.3, -0.25) is 0 Å². The Hall–Kier alpha value is -0.820. The van der Waals surface area contributed by atoms with Gasteiger partial charge >= 0.3 is 0 Å². The Labute approximate surface area is 93.3 Å². The minimum Gasteiger partial charge on any atom is -0.320 e. The van der Waals surface area contributed by atoms with E-state index in [0.717, 1.165) is 4.48 Å². The van der Waals surface area contributed by atoms with Crippen molar-refractivity contribution in [3.63, 3.8) is 0 Å². The second kappa shape index (κ2) is 3.64. The van der Waals surface area contributed by atoms with E-state index in [-0.39, 0.29) is 0 Å². The molecular weight excluding hydrogens is 182 g/mol. The molecule has 1 unspecified atom stereocenters. The Bertz CT molecular complexity index is 328. The van der Waals surface area contributed by atoms with Gasteiger partial charge in [-0.2, -0.15) is 0 Å². The average molecular weight is 204 g/mol. The molecule has 1 aromatic rings. The minimum absolute atomic E-state index is 0.305. The summed E-state index contributed by atoms with van der Waals surface area (Å²) < 4.78 is 1.12. The van der Waals surface area contributed by atoms with E-state index in [2.05, 4.69) is 51.4 Å². The summed E-state index contributed by atoms with van der Waals surface area (Å²) in [6, 6.07) is 11.0. The molecule has 0 saturated carbocycles. The minimum atomic E-state index is 0.305. The Kier molecular flexibility index (Phi) is 2.59. The summed E-state index contributed by atoms with van der Waals surface area (Å²) in [4.78, 5) is 0. The predicted octanol–water partition coefficient (Wildman–Crippen LogP) is 3.16. The topological polar surface area (TPSA) is 0 Å². The molecule has 0 radical (unpaired) electrons. The van der Waals surface area contributed by atoms with Gasteiger partial charge in [-0.25, -0.2) is 0 Å². The van der Waals surface area contributed by atoms with Crippen molar-refractivity contribution in [1.29, 1.82) is 0 Å². The fraction of sp³-hybridized carbons (Fsp3) is 0.571. The van der Waals surface area contributed by atoms with E-state index in [1.165, 1.54) is 31.4 Å². The van der Waals surface area contributed by atoms with Crippen molar-refractivity contribution in [3.8, 4) is 0 Å². The van der Waals surface area contributed by atoms with Gasteiger partial charge in [0.1, 0.15) is 5.54 Å². The smallest absolute Gasteiger partial charge is 0.121 e. The monoisotopic (exact) mass is 204 g/mol. The highest BCUT2D eigenvalue weighted by Crippen LogP contribution is 2.40. The Morgan fingerprint density at radius 2 is 1.73 bits per heavy atom. The van der Waals surface area contributed by atoms with Crippen LogP contribution < -0.4 is 0 Å². The highest BCUT2D eigenvalue weighted by atomic mass is 15.4. The summed E-state index contributed by atoms with van der Waals surface area (Å²) >= 11 is 0. The summed E-state index contributed by atoms with van der Waals surface area (Å²) in [5, 5.41) is 0. The normalized spacial score (nSPS) is 30.1. The van der Waals surface area contributed by atoms with Gasteiger partial charge in [0.25, 0.3) is 0 Å². The molecule has 0 bridgehead atoms. The summed E-state index contributed by atoms with van der Waals surface area (Å²) in [5.41, 5.74) is 1.80. The zero-order valence-electron chi connectivity index (χ0n) is 10.2. The molecule has 2 rings (SSSR count). The fourth-order valence-corrected chi connectivity index (χ4v) is 2.82. The molecule has 1 fully saturated rings. The summed E-state index contributed by atoms with van der Waals surface area (Å²) in [6.07, 6.45) is 4.05. The molecule has 1 saturated heterocycles. The van der Waals surface area contributed by atoms with Gasteiger partial charge in [0, 0.05) is 12.0 Å². The molecule has 82 valence electrons. The van der Waals surface area contributed by atoms with E-state index in [1.807, 2.05) is 0 Å². The first-order valence-electron chi connectivity index (χ1n) is 5.95. The quantitative estimate of drug-likeness (QED) is 0.616. The van der Waals surface area contributed by atoms with Crippen LogP contribution >= 0.6 is 0 Å². The second-order valence-corrected chi connectivity index (χ2v) is 5.51. The Morgan fingerprint density at radius 3 is 2.33 bits per heavy atom. The summed E-state index contributed by atoms with van der Waals surface area (Å²) in [5.74, 6) is 0. The lowest BCUT2D eigenvalue weighted by Crippen LogP contribution is -2.58. The van der Waals surface area contributed by atoms with Crippen LogP contribution in [0.5, 0.6) is 0 Å². The first-order chi connectivity index (χ1) is 7.06. The van der Waals surface area contributed by atoms with E-state index in [1.54, 1.807) is 0 Å². The molecule has 0 spiro atoms. The maximum Gasteiger partial charge on any atom is 0.121 e. The van der Waals surface area contributed by atoms with Crippen LogP contribution in [0.25, 0.3) is 0 Å². The van der Waals surface area contributed by atoms with Crippen molar-refractivity contribution in [3.05, 3.63) is 35.9 Å². The van der Waals surface area contributed by atoms with Crippen LogP contribution in [0.2, 0.25) is 0 Å². The van der Waals surface area contributed by atoms with E-state index < -0.39 is 0 Å². The Balaban J connectivity index is 2.40. The lowest BCUT2D eigenvalue weighted by molar-refractivity contribution is -0.953. The van der Waals surface area contributed by atoms with Gasteiger partial charge in [0.2, 0.25) is 0 Å². The van der Waals surface area contributed by atoms with Crippen molar-refractivity contribution in [2.45, 2.75) is 31.7 Å². The molecule has 1 heterocycles. The van der Waals surface area contributed by atoms with Gasteiger partial charge in [-0.1, -0.05) is 30.3 Å². The zero-order chi connectivity index (χ0) is 10.9. The average Bonchev–Trinajstić information content (AvgIpc) is 2.24. The number of benzene rings is 1. The molecule has 0 N–H and O–H groups in total. The predicted molar refractivity (Wildman–Crippen MR) is 64.6 cm³/mol. The molecule has 1 aliphatic rings. The van der Waals surface area contributed by atoms with Gasteiger partial charge < -0.3 is 4.48 Å². The number of nitrogens with zero attached hydrogens (tertiary/aromatic N) is 1. The van der Waals surface area contributed by atoms with Crippen molar-refractivity contribution in [2.24, 2.45) is 0 Å². The molecular formula is C14H22N+. The lowest BCUT2D eigenvalue weighted by atomic mass is 9.80. The second-order valence-electron chi connectivity index (χ2n) is 5.51.